The summed E-state index contributed by atoms with van der Waals surface area (Å²) < 4.78 is 8.56. The minimum atomic E-state index is 0.0738. The van der Waals surface area contributed by atoms with Crippen LogP contribution in [0.5, 0.6) is 0 Å². The van der Waals surface area contributed by atoms with Crippen LogP contribution in [0.25, 0.3) is 0 Å². The number of ether oxygens (including phenoxy) is 1. The lowest BCUT2D eigenvalue weighted by Gasteiger charge is -2.34. The molecule has 1 fully saturated rings. The van der Waals surface area contributed by atoms with E-state index in [0.717, 1.165) is 19.0 Å². The average molecular weight is 365 g/mol. The molecule has 0 spiro atoms. The number of morpholine rings is 1. The molecule has 5 nitrogen and oxygen atoms in total. The molecule has 0 radical (unpaired) electrons. The molecule has 1 aliphatic heterocycles. The van der Waals surface area contributed by atoms with Gasteiger partial charge in [-0.05, 0) is 42.3 Å². The number of halogens is 1. The fourth-order valence-electron chi connectivity index (χ4n) is 2.75. The van der Waals surface area contributed by atoms with Gasteiger partial charge in [-0.3, -0.25) is 0 Å². The lowest BCUT2D eigenvalue weighted by Crippen LogP contribution is -2.40. The van der Waals surface area contributed by atoms with Crippen LogP contribution in [0, 0.1) is 6.92 Å². The van der Waals surface area contributed by atoms with Crippen molar-refractivity contribution < 1.29 is 4.74 Å². The van der Waals surface area contributed by atoms with Crippen LogP contribution in [0.4, 0.5) is 5.95 Å². The molecule has 1 atom stereocenters. The van der Waals surface area contributed by atoms with Crippen molar-refractivity contribution in [3.63, 3.8) is 0 Å². The highest BCUT2D eigenvalue weighted by atomic mass is 79.9. The summed E-state index contributed by atoms with van der Waals surface area (Å²) in [6.07, 6.45) is 0.0738. The summed E-state index contributed by atoms with van der Waals surface area (Å²) in [5.41, 5.74) is 2.48. The molecule has 0 saturated carbocycles. The standard InChI is InChI=1S/C16H21BrN4O/c1-11(2)21-16(18-15(17)19-21)20-7-8-22-14(10-20)13-6-4-5-12(3)9-13/h4-6,9,11,14H,7-8,10H2,1-3H3. The van der Waals surface area contributed by atoms with Crippen molar-refractivity contribution in [2.75, 3.05) is 24.6 Å². The number of aryl methyl sites for hydroxylation is 1. The van der Waals surface area contributed by atoms with Gasteiger partial charge in [0.15, 0.2) is 0 Å². The van der Waals surface area contributed by atoms with Gasteiger partial charge in [0.1, 0.15) is 6.10 Å². The largest absolute Gasteiger partial charge is 0.370 e. The molecule has 0 bridgehead atoms. The Kier molecular flexibility index (Phi) is 4.49. The molecule has 0 N–H and O–H groups in total. The van der Waals surface area contributed by atoms with Crippen molar-refractivity contribution in [3.05, 3.63) is 40.1 Å². The minimum absolute atomic E-state index is 0.0738. The number of anilines is 1. The number of aromatic nitrogens is 3. The third-order valence-electron chi connectivity index (χ3n) is 3.84. The van der Waals surface area contributed by atoms with Crippen LogP contribution in [-0.2, 0) is 4.74 Å². The molecule has 6 heteroatoms. The first-order chi connectivity index (χ1) is 10.5. The van der Waals surface area contributed by atoms with Crippen LogP contribution in [0.3, 0.4) is 0 Å². The molecule has 3 rings (SSSR count). The zero-order chi connectivity index (χ0) is 15.7. The van der Waals surface area contributed by atoms with Crippen LogP contribution in [0.1, 0.15) is 37.1 Å². The summed E-state index contributed by atoms with van der Waals surface area (Å²) in [6.45, 7) is 8.66. The summed E-state index contributed by atoms with van der Waals surface area (Å²) in [7, 11) is 0. The zero-order valence-corrected chi connectivity index (χ0v) is 14.7. The van der Waals surface area contributed by atoms with E-state index in [0.29, 0.717) is 11.3 Å². The second kappa shape index (κ2) is 6.38. The molecular formula is C16H21BrN4O. The Morgan fingerprint density at radius 3 is 2.91 bits per heavy atom. The lowest BCUT2D eigenvalue weighted by molar-refractivity contribution is 0.0388. The highest BCUT2D eigenvalue weighted by Crippen LogP contribution is 2.27. The van der Waals surface area contributed by atoms with Gasteiger partial charge in [-0.2, -0.15) is 4.98 Å². The minimum Gasteiger partial charge on any atom is -0.370 e. The molecule has 1 aliphatic rings. The quantitative estimate of drug-likeness (QED) is 0.835. The van der Waals surface area contributed by atoms with Gasteiger partial charge < -0.3 is 9.64 Å². The third kappa shape index (κ3) is 3.17. The second-order valence-electron chi connectivity index (χ2n) is 5.94. The van der Waals surface area contributed by atoms with Gasteiger partial charge in [-0.15, -0.1) is 5.10 Å². The summed E-state index contributed by atoms with van der Waals surface area (Å²) in [6, 6.07) is 8.78. The van der Waals surface area contributed by atoms with E-state index in [-0.39, 0.29) is 12.1 Å². The number of rotatable bonds is 3. The molecule has 2 aromatic rings. The number of benzene rings is 1. The van der Waals surface area contributed by atoms with Crippen LogP contribution in [-0.4, -0.2) is 34.5 Å². The molecule has 0 amide bonds. The Hall–Kier alpha value is -1.40. The molecule has 118 valence electrons. The van der Waals surface area contributed by atoms with Crippen LogP contribution in [0.15, 0.2) is 29.0 Å². The maximum absolute atomic E-state index is 5.97. The van der Waals surface area contributed by atoms with Gasteiger partial charge in [0.25, 0.3) is 0 Å². The van der Waals surface area contributed by atoms with Crippen molar-refractivity contribution in [1.82, 2.24) is 14.8 Å². The van der Waals surface area contributed by atoms with Crippen LogP contribution < -0.4 is 4.90 Å². The Bertz CT molecular complexity index is 655. The highest BCUT2D eigenvalue weighted by Gasteiger charge is 2.26. The molecule has 0 aliphatic carbocycles. The molecule has 1 saturated heterocycles. The molecule has 1 unspecified atom stereocenters. The predicted octanol–water partition coefficient (Wildman–Crippen LogP) is 3.51. The third-order valence-corrected chi connectivity index (χ3v) is 4.18. The van der Waals surface area contributed by atoms with Crippen molar-refractivity contribution in [3.8, 4) is 0 Å². The molecule has 1 aromatic heterocycles. The second-order valence-corrected chi connectivity index (χ2v) is 6.65. The average Bonchev–Trinajstić information content (AvgIpc) is 2.90. The Morgan fingerprint density at radius 1 is 1.36 bits per heavy atom. The van der Waals surface area contributed by atoms with Crippen LogP contribution in [0.2, 0.25) is 0 Å². The van der Waals surface area contributed by atoms with E-state index < -0.39 is 0 Å². The summed E-state index contributed by atoms with van der Waals surface area (Å²) >= 11 is 3.39. The molecule has 1 aromatic carbocycles. The topological polar surface area (TPSA) is 43.2 Å². The van der Waals surface area contributed by atoms with E-state index in [1.54, 1.807) is 0 Å². The van der Waals surface area contributed by atoms with E-state index in [9.17, 15) is 0 Å². The Balaban J connectivity index is 1.84. The number of nitrogens with zero attached hydrogens (tertiary/aromatic N) is 4. The van der Waals surface area contributed by atoms with Gasteiger partial charge in [0, 0.05) is 6.54 Å². The summed E-state index contributed by atoms with van der Waals surface area (Å²) in [5, 5.41) is 4.44. The van der Waals surface area contributed by atoms with Crippen molar-refractivity contribution in [2.24, 2.45) is 0 Å². The van der Waals surface area contributed by atoms with E-state index in [1.165, 1.54) is 11.1 Å². The maximum Gasteiger partial charge on any atom is 0.225 e. The van der Waals surface area contributed by atoms with E-state index in [4.69, 9.17) is 4.74 Å². The first kappa shape index (κ1) is 15.5. The maximum atomic E-state index is 5.97. The lowest BCUT2D eigenvalue weighted by atomic mass is 10.1. The van der Waals surface area contributed by atoms with E-state index in [2.05, 4.69) is 75.9 Å². The van der Waals surface area contributed by atoms with Gasteiger partial charge in [-0.25, -0.2) is 4.68 Å². The Labute approximate surface area is 139 Å². The van der Waals surface area contributed by atoms with Crippen LogP contribution >= 0.6 is 15.9 Å². The molecule has 22 heavy (non-hydrogen) atoms. The van der Waals surface area contributed by atoms with Crippen molar-refractivity contribution in [2.45, 2.75) is 32.9 Å². The van der Waals surface area contributed by atoms with Gasteiger partial charge >= 0.3 is 0 Å². The predicted molar refractivity (Wildman–Crippen MR) is 90.2 cm³/mol. The Morgan fingerprint density at radius 2 is 2.18 bits per heavy atom. The molecule has 2 heterocycles. The monoisotopic (exact) mass is 364 g/mol. The normalized spacial score (nSPS) is 19.0. The fourth-order valence-corrected chi connectivity index (χ4v) is 3.08. The number of hydrogen-bond donors (Lipinski definition) is 0. The fraction of sp³-hybridized carbons (Fsp3) is 0.500. The van der Waals surface area contributed by atoms with E-state index in [1.807, 2.05) is 4.68 Å². The van der Waals surface area contributed by atoms with Gasteiger partial charge in [0.2, 0.25) is 10.7 Å². The highest BCUT2D eigenvalue weighted by molar-refractivity contribution is 9.10. The summed E-state index contributed by atoms with van der Waals surface area (Å²) in [4.78, 5) is 6.80. The molecular weight excluding hydrogens is 344 g/mol. The van der Waals surface area contributed by atoms with Crippen molar-refractivity contribution in [1.29, 1.82) is 0 Å². The SMILES string of the molecule is Cc1cccc(C2CN(c3nc(Br)nn3C(C)C)CCO2)c1. The first-order valence-corrected chi connectivity index (χ1v) is 8.39. The summed E-state index contributed by atoms with van der Waals surface area (Å²) in [5.74, 6) is 0.905. The first-order valence-electron chi connectivity index (χ1n) is 7.60. The van der Waals surface area contributed by atoms with Gasteiger partial charge in [-0.1, -0.05) is 29.8 Å². The van der Waals surface area contributed by atoms with E-state index >= 15 is 0 Å². The van der Waals surface area contributed by atoms with Crippen molar-refractivity contribution >= 4 is 21.9 Å². The van der Waals surface area contributed by atoms with Gasteiger partial charge in [0.05, 0.1) is 19.2 Å². The zero-order valence-electron chi connectivity index (χ0n) is 13.2. The number of hydrogen-bond acceptors (Lipinski definition) is 4. The smallest absolute Gasteiger partial charge is 0.225 e.